The summed E-state index contributed by atoms with van der Waals surface area (Å²) in [5.41, 5.74) is 7.64. The minimum Gasteiger partial charge on any atom is -0.456 e. The molecule has 8 aromatic rings. The van der Waals surface area contributed by atoms with Crippen molar-refractivity contribution in [3.05, 3.63) is 115 Å². The van der Waals surface area contributed by atoms with Crippen LogP contribution in [0.3, 0.4) is 0 Å². The van der Waals surface area contributed by atoms with Gasteiger partial charge in [-0.05, 0) is 46.7 Å². The summed E-state index contributed by atoms with van der Waals surface area (Å²) >= 11 is 0. The maximum atomic E-state index is 6.54. The number of hydrogen-bond donors (Lipinski definition) is 0. The van der Waals surface area contributed by atoms with Crippen LogP contribution in [0.2, 0.25) is 0 Å². The second-order valence-electron chi connectivity index (χ2n) is 9.15. The van der Waals surface area contributed by atoms with Crippen molar-refractivity contribution in [2.24, 2.45) is 0 Å². The van der Waals surface area contributed by atoms with E-state index < -0.39 is 0 Å². The summed E-state index contributed by atoms with van der Waals surface area (Å²) in [4.78, 5) is 4.49. The number of para-hydroxylation sites is 1. The number of fused-ring (bicyclic) bond motifs is 9. The second kappa shape index (κ2) is 7.30. The van der Waals surface area contributed by atoms with Gasteiger partial charge in [-0.2, -0.15) is 0 Å². The van der Waals surface area contributed by atoms with Gasteiger partial charge >= 0.3 is 0 Å². The van der Waals surface area contributed by atoms with Crippen molar-refractivity contribution >= 4 is 54.6 Å². The monoisotopic (exact) mass is 461 g/mol. The van der Waals surface area contributed by atoms with E-state index in [0.29, 0.717) is 0 Å². The van der Waals surface area contributed by atoms with Crippen LogP contribution < -0.4 is 0 Å². The largest absolute Gasteiger partial charge is 0.456 e. The van der Waals surface area contributed by atoms with Gasteiger partial charge in [0.05, 0.1) is 5.69 Å². The van der Waals surface area contributed by atoms with Crippen LogP contribution in [0.5, 0.6) is 0 Å². The van der Waals surface area contributed by atoms with Crippen LogP contribution in [-0.2, 0) is 0 Å². The summed E-state index contributed by atoms with van der Waals surface area (Å²) in [6.45, 7) is 0. The van der Waals surface area contributed by atoms with E-state index in [9.17, 15) is 0 Å². The summed E-state index contributed by atoms with van der Waals surface area (Å²) in [6.07, 6.45) is 1.82. The molecule has 0 N–H and O–H groups in total. The average molecular weight is 462 g/mol. The molecule has 5 aromatic carbocycles. The van der Waals surface area contributed by atoms with Gasteiger partial charge in [0.25, 0.3) is 0 Å². The zero-order chi connectivity index (χ0) is 23.6. The molecule has 36 heavy (non-hydrogen) atoms. The molecule has 0 radical (unpaired) electrons. The highest BCUT2D eigenvalue weighted by Gasteiger charge is 2.21. The summed E-state index contributed by atoms with van der Waals surface area (Å²) in [6, 6.07) is 37.5. The van der Waals surface area contributed by atoms with Gasteiger partial charge in [0.1, 0.15) is 22.3 Å². The molecule has 0 unspecified atom stereocenters. The number of rotatable bonds is 2. The van der Waals surface area contributed by atoms with Crippen molar-refractivity contribution in [3.8, 4) is 22.4 Å². The van der Waals surface area contributed by atoms with Crippen molar-refractivity contribution in [2.45, 2.75) is 0 Å². The van der Waals surface area contributed by atoms with Crippen molar-refractivity contribution in [3.63, 3.8) is 0 Å². The van der Waals surface area contributed by atoms with E-state index in [1.165, 1.54) is 10.8 Å². The van der Waals surface area contributed by atoms with Crippen molar-refractivity contribution in [2.75, 3.05) is 0 Å². The lowest BCUT2D eigenvalue weighted by Crippen LogP contribution is -1.84. The zero-order valence-corrected chi connectivity index (χ0v) is 19.2. The molecule has 8 rings (SSSR count). The molecule has 168 valence electrons. The highest BCUT2D eigenvalue weighted by molar-refractivity contribution is 6.32. The Balaban J connectivity index is 1.48. The highest BCUT2D eigenvalue weighted by Crippen LogP contribution is 2.46. The van der Waals surface area contributed by atoms with Gasteiger partial charge in [-0.3, -0.25) is 4.98 Å². The van der Waals surface area contributed by atoms with Crippen LogP contribution in [0.15, 0.2) is 124 Å². The Kier molecular flexibility index (Phi) is 3.94. The maximum Gasteiger partial charge on any atom is 0.144 e. The Morgan fingerprint density at radius 3 is 2.14 bits per heavy atom. The number of hydrogen-bond acceptors (Lipinski definition) is 3. The summed E-state index contributed by atoms with van der Waals surface area (Å²) in [7, 11) is 0. The van der Waals surface area contributed by atoms with Crippen molar-refractivity contribution in [1.82, 2.24) is 4.98 Å². The first-order chi connectivity index (χ1) is 17.8. The third-order valence-corrected chi connectivity index (χ3v) is 7.13. The number of nitrogens with zero attached hydrogens (tertiary/aromatic N) is 1. The first-order valence-corrected chi connectivity index (χ1v) is 12.1. The van der Waals surface area contributed by atoms with Gasteiger partial charge in [0, 0.05) is 38.9 Å². The maximum absolute atomic E-state index is 6.54. The highest BCUT2D eigenvalue weighted by atomic mass is 16.3. The molecule has 0 fully saturated rings. The summed E-state index contributed by atoms with van der Waals surface area (Å²) < 4.78 is 13.0. The van der Waals surface area contributed by atoms with Gasteiger partial charge < -0.3 is 8.83 Å². The quantitative estimate of drug-likeness (QED) is 0.257. The fourth-order valence-electron chi connectivity index (χ4n) is 5.49. The van der Waals surface area contributed by atoms with Gasteiger partial charge in [0.2, 0.25) is 0 Å². The molecule has 3 heteroatoms. The molecule has 0 amide bonds. The first kappa shape index (κ1) is 19.4. The molecule has 0 aliphatic carbocycles. The van der Waals surface area contributed by atoms with Crippen LogP contribution in [0.25, 0.3) is 77.0 Å². The van der Waals surface area contributed by atoms with Gasteiger partial charge in [-0.25, -0.2) is 0 Å². The normalized spacial score (nSPS) is 11.9. The topological polar surface area (TPSA) is 39.2 Å². The predicted octanol–water partition coefficient (Wildman–Crippen LogP) is 9.37. The Labute approximate surface area is 206 Å². The predicted molar refractivity (Wildman–Crippen MR) is 147 cm³/mol. The van der Waals surface area contributed by atoms with Crippen molar-refractivity contribution in [1.29, 1.82) is 0 Å². The van der Waals surface area contributed by atoms with Crippen LogP contribution in [-0.4, -0.2) is 4.98 Å². The van der Waals surface area contributed by atoms with Gasteiger partial charge in [0.15, 0.2) is 0 Å². The van der Waals surface area contributed by atoms with E-state index in [0.717, 1.165) is 66.3 Å². The zero-order valence-electron chi connectivity index (χ0n) is 19.2. The first-order valence-electron chi connectivity index (χ1n) is 12.1. The summed E-state index contributed by atoms with van der Waals surface area (Å²) in [5.74, 6) is 0. The molecule has 0 aliphatic rings. The second-order valence-corrected chi connectivity index (χ2v) is 9.15. The molecular formula is C33H19NO2. The van der Waals surface area contributed by atoms with Gasteiger partial charge in [-0.15, -0.1) is 0 Å². The van der Waals surface area contributed by atoms with E-state index in [1.807, 2.05) is 36.5 Å². The minimum atomic E-state index is 0.865. The Hall–Kier alpha value is -4.89. The van der Waals surface area contributed by atoms with Gasteiger partial charge in [-0.1, -0.05) is 78.9 Å². The Bertz CT molecular complexity index is 2080. The number of benzene rings is 5. The standard InChI is InChI=1S/C33H19NO2/c1-2-8-23-20(7-1)16-17-28-30(23)32-29(35-28)19-25(33-31(32)24-9-3-4-11-27(24)36-33)21-12-14-22(15-13-21)26-10-5-6-18-34-26/h1-19H. The molecule has 0 spiro atoms. The molecule has 0 atom stereocenters. The Morgan fingerprint density at radius 1 is 0.500 bits per heavy atom. The lowest BCUT2D eigenvalue weighted by Gasteiger charge is -2.06. The molecule has 3 heterocycles. The fourth-order valence-corrected chi connectivity index (χ4v) is 5.49. The van der Waals surface area contributed by atoms with Crippen LogP contribution in [0.4, 0.5) is 0 Å². The Morgan fingerprint density at radius 2 is 1.28 bits per heavy atom. The smallest absolute Gasteiger partial charge is 0.144 e. The lowest BCUT2D eigenvalue weighted by atomic mass is 9.96. The number of furan rings is 2. The van der Waals surface area contributed by atoms with E-state index in [-0.39, 0.29) is 0 Å². The molecule has 0 bridgehead atoms. The lowest BCUT2D eigenvalue weighted by molar-refractivity contribution is 0.664. The summed E-state index contributed by atoms with van der Waals surface area (Å²) in [5, 5.41) is 6.82. The number of aromatic nitrogens is 1. The van der Waals surface area contributed by atoms with E-state index in [4.69, 9.17) is 8.83 Å². The number of pyridine rings is 1. The molecule has 3 nitrogen and oxygen atoms in total. The third-order valence-electron chi connectivity index (χ3n) is 7.13. The van der Waals surface area contributed by atoms with Crippen LogP contribution in [0.1, 0.15) is 0 Å². The van der Waals surface area contributed by atoms with E-state index in [2.05, 4.69) is 83.8 Å². The molecule has 0 saturated heterocycles. The fraction of sp³-hybridized carbons (Fsp3) is 0. The van der Waals surface area contributed by atoms with Crippen LogP contribution in [0, 0.1) is 0 Å². The van der Waals surface area contributed by atoms with E-state index >= 15 is 0 Å². The molecular weight excluding hydrogens is 442 g/mol. The van der Waals surface area contributed by atoms with Crippen LogP contribution >= 0.6 is 0 Å². The molecule has 3 aromatic heterocycles. The van der Waals surface area contributed by atoms with Crippen molar-refractivity contribution < 1.29 is 8.83 Å². The van der Waals surface area contributed by atoms with E-state index in [1.54, 1.807) is 0 Å². The minimum absolute atomic E-state index is 0.865. The molecule has 0 saturated carbocycles. The third kappa shape index (κ3) is 2.71. The molecule has 0 aliphatic heterocycles. The average Bonchev–Trinajstić information content (AvgIpc) is 3.51. The SMILES string of the molecule is c1ccc(-c2ccc(-c3cc4oc5ccc6ccccc6c5c4c4c3oc3ccccc34)cc2)nc1.